The average Bonchev–Trinajstić information content (AvgIpc) is 3.12. The zero-order chi connectivity index (χ0) is 36.3. The van der Waals surface area contributed by atoms with Gasteiger partial charge in [0.05, 0.1) is 11.1 Å². The van der Waals surface area contributed by atoms with Crippen LogP contribution in [0.1, 0.15) is 202 Å². The van der Waals surface area contributed by atoms with Gasteiger partial charge in [0.25, 0.3) is 0 Å². The topological polar surface area (TPSA) is 59.1 Å². The molecule has 0 aromatic heterocycles. The Morgan fingerprint density at radius 3 is 1.02 bits per heavy atom. The predicted molar refractivity (Wildman–Crippen MR) is 213 cm³/mol. The molecule has 0 aliphatic heterocycles. The molecule has 1 rings (SSSR count). The van der Waals surface area contributed by atoms with Crippen LogP contribution in [0.3, 0.4) is 0 Å². The van der Waals surface area contributed by atoms with Crippen LogP contribution in [-0.2, 0) is 9.47 Å². The summed E-state index contributed by atoms with van der Waals surface area (Å²) in [7, 11) is 4.17. The quantitative estimate of drug-likeness (QED) is 0.0513. The van der Waals surface area contributed by atoms with Crippen LogP contribution in [0, 0.1) is 0 Å². The van der Waals surface area contributed by atoms with Gasteiger partial charge in [-0.25, -0.2) is 9.59 Å². The van der Waals surface area contributed by atoms with Crippen molar-refractivity contribution in [3.8, 4) is 0 Å². The summed E-state index contributed by atoms with van der Waals surface area (Å²) in [6.45, 7) is 8.69. The summed E-state index contributed by atoms with van der Waals surface area (Å²) in [5.74, 6) is -0.793. The van der Waals surface area contributed by atoms with Crippen molar-refractivity contribution in [2.75, 3.05) is 53.5 Å². The molecule has 0 unspecified atom stereocenters. The number of hydrogen-bond acceptors (Lipinski definition) is 6. The van der Waals surface area contributed by atoms with Crippen molar-refractivity contribution in [3.05, 3.63) is 35.4 Å². The molecule has 1 aromatic carbocycles. The number of carbonyl (C=O) groups is 2. The van der Waals surface area contributed by atoms with Crippen molar-refractivity contribution in [3.63, 3.8) is 0 Å². The summed E-state index contributed by atoms with van der Waals surface area (Å²) in [6.07, 6.45) is 35.3. The molecule has 0 N–H and O–H groups in total. The number of benzene rings is 1. The smallest absolute Gasteiger partial charge is 0.338 e. The Morgan fingerprint density at radius 2 is 0.720 bits per heavy atom. The first-order valence-electron chi connectivity index (χ1n) is 21.3. The summed E-state index contributed by atoms with van der Waals surface area (Å²) >= 11 is 0. The van der Waals surface area contributed by atoms with Gasteiger partial charge in [0.15, 0.2) is 0 Å². The number of ether oxygens (including phenoxy) is 2. The van der Waals surface area contributed by atoms with Crippen molar-refractivity contribution in [2.24, 2.45) is 0 Å². The normalized spacial score (nSPS) is 11.5. The van der Waals surface area contributed by atoms with E-state index in [-0.39, 0.29) is 0 Å². The number of hydrogen-bond donors (Lipinski definition) is 0. The number of likely N-dealkylation sites (N-methyl/N-ethyl adjacent to an activating group) is 2. The number of carbonyl (C=O) groups excluding carboxylic acids is 2. The van der Waals surface area contributed by atoms with Gasteiger partial charge in [0.1, 0.15) is 13.2 Å². The van der Waals surface area contributed by atoms with E-state index in [2.05, 4.69) is 37.7 Å². The van der Waals surface area contributed by atoms with Gasteiger partial charge in [-0.1, -0.05) is 174 Å². The lowest BCUT2D eigenvalue weighted by Crippen LogP contribution is -2.26. The highest BCUT2D eigenvalue weighted by Crippen LogP contribution is 2.14. The van der Waals surface area contributed by atoms with Crippen molar-refractivity contribution in [2.45, 2.75) is 181 Å². The summed E-state index contributed by atoms with van der Waals surface area (Å²) in [5, 5.41) is 0. The Balaban J connectivity index is 2.05. The molecule has 1 aromatic rings. The van der Waals surface area contributed by atoms with Crippen LogP contribution in [0.4, 0.5) is 0 Å². The van der Waals surface area contributed by atoms with Gasteiger partial charge in [-0.15, -0.1) is 0 Å². The number of esters is 2. The van der Waals surface area contributed by atoms with E-state index in [9.17, 15) is 9.59 Å². The summed E-state index contributed by atoms with van der Waals surface area (Å²) in [4.78, 5) is 29.8. The molecule has 0 amide bonds. The number of unbranched alkanes of at least 4 members (excludes halogenated alkanes) is 24. The molecule has 0 radical (unpaired) electrons. The second-order valence-electron chi connectivity index (χ2n) is 14.9. The summed E-state index contributed by atoms with van der Waals surface area (Å²) in [6, 6.07) is 6.69. The third-order valence-corrected chi connectivity index (χ3v) is 10.0. The zero-order valence-electron chi connectivity index (χ0n) is 33.5. The first-order chi connectivity index (χ1) is 24.5. The molecule has 50 heavy (non-hydrogen) atoms. The van der Waals surface area contributed by atoms with Gasteiger partial charge >= 0.3 is 11.9 Å². The molecule has 0 heterocycles. The molecule has 6 heteroatoms. The first kappa shape index (κ1) is 46.1. The molecule has 6 nitrogen and oxygen atoms in total. The highest BCUT2D eigenvalue weighted by Gasteiger charge is 2.13. The minimum atomic E-state index is -0.397. The predicted octanol–water partition coefficient (Wildman–Crippen LogP) is 12.0. The van der Waals surface area contributed by atoms with Gasteiger partial charge in [0, 0.05) is 13.1 Å². The van der Waals surface area contributed by atoms with Gasteiger partial charge in [-0.3, -0.25) is 0 Å². The fourth-order valence-electron chi connectivity index (χ4n) is 6.55. The minimum Gasteiger partial charge on any atom is -0.461 e. The maximum Gasteiger partial charge on any atom is 0.338 e. The molecule has 0 aliphatic carbocycles. The Labute approximate surface area is 309 Å². The Hall–Kier alpha value is -1.92. The van der Waals surface area contributed by atoms with Gasteiger partial charge in [-0.2, -0.15) is 0 Å². The van der Waals surface area contributed by atoms with Crippen LogP contribution in [0.15, 0.2) is 24.3 Å². The SMILES string of the molecule is CCCCCCCCCCCCCCCN(C)CCOC(=O)c1cccc(C(=O)OCCN(C)CCCCCCCCCCCCCCC)c1. The maximum absolute atomic E-state index is 12.7. The highest BCUT2D eigenvalue weighted by atomic mass is 16.5. The van der Waals surface area contributed by atoms with Crippen LogP contribution in [0.2, 0.25) is 0 Å². The Bertz CT molecular complexity index is 854. The van der Waals surface area contributed by atoms with Crippen molar-refractivity contribution >= 4 is 11.9 Å². The molecule has 0 saturated heterocycles. The summed E-state index contributed by atoms with van der Waals surface area (Å²) in [5.41, 5.74) is 0.774. The van der Waals surface area contributed by atoms with Crippen LogP contribution < -0.4 is 0 Å². The second kappa shape index (κ2) is 34.2. The molecule has 0 saturated carbocycles. The lowest BCUT2D eigenvalue weighted by atomic mass is 10.0. The van der Waals surface area contributed by atoms with E-state index in [1.54, 1.807) is 24.3 Å². The van der Waals surface area contributed by atoms with E-state index in [1.807, 2.05) is 0 Å². The van der Waals surface area contributed by atoms with E-state index in [0.29, 0.717) is 37.4 Å². The average molecular weight is 701 g/mol. The summed E-state index contributed by atoms with van der Waals surface area (Å²) < 4.78 is 11.0. The van der Waals surface area contributed by atoms with E-state index in [1.165, 1.54) is 167 Å². The van der Waals surface area contributed by atoms with Crippen LogP contribution in [-0.4, -0.2) is 75.2 Å². The molecule has 0 spiro atoms. The standard InChI is InChI=1S/C44H80N2O4/c1-5-7-9-11-13-15-17-19-21-23-25-27-29-34-45(3)36-38-49-43(47)41-32-31-33-42(40-41)44(48)50-39-37-46(4)35-30-28-26-24-22-20-18-16-14-12-10-8-6-2/h31-33,40H,5-30,34-39H2,1-4H3. The Morgan fingerprint density at radius 1 is 0.440 bits per heavy atom. The van der Waals surface area contributed by atoms with Gasteiger partial charge < -0.3 is 19.3 Å². The molecule has 0 fully saturated rings. The van der Waals surface area contributed by atoms with E-state index < -0.39 is 11.9 Å². The molecule has 290 valence electrons. The lowest BCUT2D eigenvalue weighted by molar-refractivity contribution is 0.0471. The molecular formula is C44H80N2O4. The minimum absolute atomic E-state index is 0.341. The second-order valence-corrected chi connectivity index (χ2v) is 14.9. The van der Waals surface area contributed by atoms with E-state index in [0.717, 1.165) is 13.1 Å². The fraction of sp³-hybridized carbons (Fsp3) is 0.818. The molecule has 0 aliphatic rings. The third-order valence-electron chi connectivity index (χ3n) is 10.0. The van der Waals surface area contributed by atoms with Crippen molar-refractivity contribution in [1.29, 1.82) is 0 Å². The van der Waals surface area contributed by atoms with Crippen LogP contribution in [0.5, 0.6) is 0 Å². The monoisotopic (exact) mass is 701 g/mol. The first-order valence-corrected chi connectivity index (χ1v) is 21.3. The molecule has 0 atom stereocenters. The van der Waals surface area contributed by atoms with Gasteiger partial charge in [-0.05, 0) is 58.2 Å². The van der Waals surface area contributed by atoms with E-state index in [4.69, 9.17) is 9.47 Å². The largest absolute Gasteiger partial charge is 0.461 e. The Kier molecular flexibility index (Phi) is 31.5. The fourth-order valence-corrected chi connectivity index (χ4v) is 6.55. The lowest BCUT2D eigenvalue weighted by Gasteiger charge is -2.17. The third kappa shape index (κ3) is 27.8. The van der Waals surface area contributed by atoms with Gasteiger partial charge in [0.2, 0.25) is 0 Å². The van der Waals surface area contributed by atoms with Crippen LogP contribution in [0.25, 0.3) is 0 Å². The van der Waals surface area contributed by atoms with E-state index >= 15 is 0 Å². The highest BCUT2D eigenvalue weighted by molar-refractivity contribution is 5.95. The zero-order valence-corrected chi connectivity index (χ0v) is 33.5. The van der Waals surface area contributed by atoms with Crippen LogP contribution >= 0.6 is 0 Å². The molecular weight excluding hydrogens is 620 g/mol. The maximum atomic E-state index is 12.7. The van der Waals surface area contributed by atoms with Crippen molar-refractivity contribution < 1.29 is 19.1 Å². The molecule has 0 bridgehead atoms. The van der Waals surface area contributed by atoms with Crippen molar-refractivity contribution in [1.82, 2.24) is 9.80 Å². The number of rotatable bonds is 36. The number of nitrogens with zero attached hydrogens (tertiary/aromatic N) is 2.